The Hall–Kier alpha value is -2.39. The fourth-order valence-corrected chi connectivity index (χ4v) is 2.81. The van der Waals surface area contributed by atoms with Gasteiger partial charge in [-0.25, -0.2) is 9.50 Å². The van der Waals surface area contributed by atoms with Gasteiger partial charge in [0.25, 0.3) is 0 Å². The van der Waals surface area contributed by atoms with Gasteiger partial charge in [0.15, 0.2) is 5.82 Å². The first kappa shape index (κ1) is 12.4. The summed E-state index contributed by atoms with van der Waals surface area (Å²) in [5.41, 5.74) is 3.95. The Labute approximate surface area is 126 Å². The molecule has 4 aromatic rings. The molecule has 0 saturated carbocycles. The fourth-order valence-electron chi connectivity index (χ4n) is 2.62. The number of aromatic nitrogens is 3. The molecule has 0 bridgehead atoms. The lowest BCUT2D eigenvalue weighted by molar-refractivity contribution is 0.922. The maximum atomic E-state index is 6.11. The summed E-state index contributed by atoms with van der Waals surface area (Å²) in [6.45, 7) is 1.99. The first-order valence-corrected chi connectivity index (χ1v) is 7.11. The van der Waals surface area contributed by atoms with E-state index >= 15 is 0 Å². The molecule has 0 amide bonds. The van der Waals surface area contributed by atoms with Gasteiger partial charge in [-0.1, -0.05) is 41.9 Å². The minimum Gasteiger partial charge on any atom is -0.228 e. The van der Waals surface area contributed by atoms with E-state index in [1.165, 1.54) is 0 Å². The van der Waals surface area contributed by atoms with Gasteiger partial charge < -0.3 is 0 Å². The normalized spacial score (nSPS) is 11.3. The van der Waals surface area contributed by atoms with Crippen molar-refractivity contribution in [2.75, 3.05) is 0 Å². The van der Waals surface area contributed by atoms with Gasteiger partial charge in [-0.15, -0.1) is 0 Å². The summed E-state index contributed by atoms with van der Waals surface area (Å²) in [6, 6.07) is 17.9. The van der Waals surface area contributed by atoms with Crippen molar-refractivity contribution in [2.45, 2.75) is 6.92 Å². The van der Waals surface area contributed by atoms with Crippen molar-refractivity contribution < 1.29 is 0 Å². The van der Waals surface area contributed by atoms with Gasteiger partial charge in [0, 0.05) is 16.0 Å². The van der Waals surface area contributed by atoms with Crippen molar-refractivity contribution in [3.05, 3.63) is 65.3 Å². The molecule has 2 aromatic heterocycles. The smallest absolute Gasteiger partial charge is 0.161 e. The molecule has 3 nitrogen and oxygen atoms in total. The molecule has 0 aliphatic rings. The summed E-state index contributed by atoms with van der Waals surface area (Å²) in [7, 11) is 0. The van der Waals surface area contributed by atoms with Crippen molar-refractivity contribution in [1.82, 2.24) is 14.6 Å². The number of hydrogen-bond donors (Lipinski definition) is 0. The topological polar surface area (TPSA) is 30.2 Å². The number of rotatable bonds is 1. The van der Waals surface area contributed by atoms with Crippen LogP contribution in [0.15, 0.2) is 54.6 Å². The maximum Gasteiger partial charge on any atom is 0.161 e. The van der Waals surface area contributed by atoms with Crippen molar-refractivity contribution >= 4 is 28.0 Å². The quantitative estimate of drug-likeness (QED) is 0.517. The number of benzene rings is 2. The van der Waals surface area contributed by atoms with Crippen LogP contribution in [-0.4, -0.2) is 14.6 Å². The Morgan fingerprint density at radius 1 is 1.00 bits per heavy atom. The minimum absolute atomic E-state index is 0.694. The van der Waals surface area contributed by atoms with Crippen LogP contribution in [0.5, 0.6) is 0 Å². The van der Waals surface area contributed by atoms with Crippen LogP contribution in [-0.2, 0) is 0 Å². The Kier molecular flexibility index (Phi) is 2.69. The average Bonchev–Trinajstić information content (AvgIpc) is 2.88. The third-order valence-electron chi connectivity index (χ3n) is 3.52. The standard InChI is InChI=1S/C17H12ClN3/c1-11-9-16-14-7-2-3-8-15(14)19-17(21(16)20-11)12-5-4-6-13(18)10-12/h2-10H,1H3. The monoisotopic (exact) mass is 293 g/mol. The number of aryl methyl sites for hydroxylation is 1. The summed E-state index contributed by atoms with van der Waals surface area (Å²) < 4.78 is 1.89. The molecule has 2 heterocycles. The van der Waals surface area contributed by atoms with Gasteiger partial charge in [0.2, 0.25) is 0 Å². The second-order valence-electron chi connectivity index (χ2n) is 5.05. The molecule has 4 rings (SSSR count). The predicted molar refractivity (Wildman–Crippen MR) is 85.7 cm³/mol. The Morgan fingerprint density at radius 3 is 2.71 bits per heavy atom. The summed E-state index contributed by atoms with van der Waals surface area (Å²) in [6.07, 6.45) is 0. The lowest BCUT2D eigenvalue weighted by atomic mass is 10.1. The first-order chi connectivity index (χ1) is 10.2. The molecular formula is C17H12ClN3. The highest BCUT2D eigenvalue weighted by Crippen LogP contribution is 2.27. The van der Waals surface area contributed by atoms with Crippen molar-refractivity contribution in [3.63, 3.8) is 0 Å². The molecule has 0 radical (unpaired) electrons. The van der Waals surface area contributed by atoms with E-state index in [1.807, 2.05) is 53.9 Å². The molecule has 2 aromatic carbocycles. The molecule has 0 aliphatic carbocycles. The molecule has 102 valence electrons. The zero-order chi connectivity index (χ0) is 14.4. The lowest BCUT2D eigenvalue weighted by Gasteiger charge is -2.07. The van der Waals surface area contributed by atoms with E-state index < -0.39 is 0 Å². The largest absolute Gasteiger partial charge is 0.228 e. The van der Waals surface area contributed by atoms with Crippen LogP contribution < -0.4 is 0 Å². The molecule has 0 N–H and O–H groups in total. The SMILES string of the molecule is Cc1cc2c3ccccc3nc(-c3cccc(Cl)c3)n2n1. The fraction of sp³-hybridized carbons (Fsp3) is 0.0588. The maximum absolute atomic E-state index is 6.11. The first-order valence-electron chi connectivity index (χ1n) is 6.73. The van der Waals surface area contributed by atoms with Crippen molar-refractivity contribution in [2.24, 2.45) is 0 Å². The highest BCUT2D eigenvalue weighted by atomic mass is 35.5. The van der Waals surface area contributed by atoms with Crippen LogP contribution in [0.1, 0.15) is 5.69 Å². The van der Waals surface area contributed by atoms with Crippen molar-refractivity contribution in [1.29, 1.82) is 0 Å². The van der Waals surface area contributed by atoms with Crippen LogP contribution >= 0.6 is 11.6 Å². The van der Waals surface area contributed by atoms with Crippen LogP contribution in [0.2, 0.25) is 5.02 Å². The van der Waals surface area contributed by atoms with Gasteiger partial charge in [-0.05, 0) is 31.2 Å². The molecular weight excluding hydrogens is 282 g/mol. The van der Waals surface area contributed by atoms with Gasteiger partial charge in [-0.2, -0.15) is 5.10 Å². The molecule has 0 aliphatic heterocycles. The third kappa shape index (κ3) is 1.98. The van der Waals surface area contributed by atoms with Crippen LogP contribution in [0, 0.1) is 6.92 Å². The van der Waals surface area contributed by atoms with Crippen LogP contribution in [0.4, 0.5) is 0 Å². The summed E-state index contributed by atoms with van der Waals surface area (Å²) >= 11 is 6.11. The predicted octanol–water partition coefficient (Wildman–Crippen LogP) is 4.51. The van der Waals surface area contributed by atoms with E-state index in [4.69, 9.17) is 16.6 Å². The van der Waals surface area contributed by atoms with Gasteiger partial charge in [0.05, 0.1) is 16.7 Å². The van der Waals surface area contributed by atoms with E-state index in [0.717, 1.165) is 33.5 Å². The lowest BCUT2D eigenvalue weighted by Crippen LogP contribution is -1.99. The zero-order valence-electron chi connectivity index (χ0n) is 11.4. The van der Waals surface area contributed by atoms with E-state index in [9.17, 15) is 0 Å². The highest BCUT2D eigenvalue weighted by Gasteiger charge is 2.12. The molecule has 4 heteroatoms. The molecule has 0 fully saturated rings. The van der Waals surface area contributed by atoms with Gasteiger partial charge in [0.1, 0.15) is 0 Å². The van der Waals surface area contributed by atoms with Crippen LogP contribution in [0.25, 0.3) is 27.8 Å². The summed E-state index contributed by atoms with van der Waals surface area (Å²) in [4.78, 5) is 4.77. The number of halogens is 1. The van der Waals surface area contributed by atoms with E-state index in [2.05, 4.69) is 17.2 Å². The second-order valence-corrected chi connectivity index (χ2v) is 5.48. The second kappa shape index (κ2) is 4.57. The number of hydrogen-bond acceptors (Lipinski definition) is 2. The summed E-state index contributed by atoms with van der Waals surface area (Å²) in [5.74, 6) is 0.805. The van der Waals surface area contributed by atoms with Crippen molar-refractivity contribution in [3.8, 4) is 11.4 Å². The Bertz CT molecular complexity index is 972. The third-order valence-corrected chi connectivity index (χ3v) is 3.76. The van der Waals surface area contributed by atoms with E-state index in [-0.39, 0.29) is 0 Å². The molecule has 21 heavy (non-hydrogen) atoms. The number of para-hydroxylation sites is 1. The molecule has 0 spiro atoms. The van der Waals surface area contributed by atoms with Gasteiger partial charge in [-0.3, -0.25) is 0 Å². The van der Waals surface area contributed by atoms with E-state index in [0.29, 0.717) is 5.02 Å². The molecule has 0 unspecified atom stereocenters. The highest BCUT2D eigenvalue weighted by molar-refractivity contribution is 6.30. The Morgan fingerprint density at radius 2 is 1.86 bits per heavy atom. The van der Waals surface area contributed by atoms with Crippen LogP contribution in [0.3, 0.4) is 0 Å². The van der Waals surface area contributed by atoms with Gasteiger partial charge >= 0.3 is 0 Å². The number of fused-ring (bicyclic) bond motifs is 3. The zero-order valence-corrected chi connectivity index (χ0v) is 12.2. The average molecular weight is 294 g/mol. The molecule has 0 atom stereocenters. The number of nitrogens with zero attached hydrogens (tertiary/aromatic N) is 3. The Balaban J connectivity index is 2.16. The molecule has 0 saturated heterocycles. The summed E-state index contributed by atoms with van der Waals surface area (Å²) in [5, 5.41) is 6.38. The minimum atomic E-state index is 0.694. The van der Waals surface area contributed by atoms with E-state index in [1.54, 1.807) is 0 Å².